The van der Waals surface area contributed by atoms with Gasteiger partial charge in [-0.25, -0.2) is 4.39 Å². The van der Waals surface area contributed by atoms with Gasteiger partial charge in [0.1, 0.15) is 5.82 Å². The normalized spacial score (nSPS) is 23.5. The molecule has 2 saturated heterocycles. The van der Waals surface area contributed by atoms with Crippen LogP contribution in [0.5, 0.6) is 0 Å². The minimum atomic E-state index is -0.508. The summed E-state index contributed by atoms with van der Waals surface area (Å²) in [5.41, 5.74) is 0.0680. The fourth-order valence-electron chi connectivity index (χ4n) is 3.07. The molecule has 0 aliphatic carbocycles. The molecule has 1 aromatic carbocycles. The zero-order chi connectivity index (χ0) is 14.8. The Balaban J connectivity index is 1.63. The van der Waals surface area contributed by atoms with Gasteiger partial charge in [0.05, 0.1) is 5.56 Å². The topological polar surface area (TPSA) is 35.6 Å². The van der Waals surface area contributed by atoms with Gasteiger partial charge < -0.3 is 10.2 Å². The van der Waals surface area contributed by atoms with E-state index < -0.39 is 5.82 Å². The smallest absolute Gasteiger partial charge is 0.256 e. The summed E-state index contributed by atoms with van der Waals surface area (Å²) in [7, 11) is 0. The SMILES string of the molecule is O=C(c1cc(Cl)ccc1F)N1CCN(C2CCNC2)CC1. The van der Waals surface area contributed by atoms with Gasteiger partial charge in [-0.05, 0) is 31.2 Å². The lowest BCUT2D eigenvalue weighted by molar-refractivity contribution is 0.0579. The highest BCUT2D eigenvalue weighted by Gasteiger charge is 2.29. The van der Waals surface area contributed by atoms with Crippen LogP contribution < -0.4 is 5.32 Å². The first kappa shape index (κ1) is 14.8. The minimum absolute atomic E-state index is 0.0680. The highest BCUT2D eigenvalue weighted by Crippen LogP contribution is 2.19. The van der Waals surface area contributed by atoms with Gasteiger partial charge >= 0.3 is 0 Å². The summed E-state index contributed by atoms with van der Waals surface area (Å²) in [6.45, 7) is 5.07. The number of carbonyl (C=O) groups is 1. The number of nitrogens with one attached hydrogen (secondary N) is 1. The van der Waals surface area contributed by atoms with E-state index in [0.717, 1.165) is 32.6 Å². The van der Waals surface area contributed by atoms with Crippen LogP contribution in [0.1, 0.15) is 16.8 Å². The summed E-state index contributed by atoms with van der Waals surface area (Å²) in [6, 6.07) is 4.69. The maximum Gasteiger partial charge on any atom is 0.256 e. The van der Waals surface area contributed by atoms with Gasteiger partial charge in [-0.1, -0.05) is 11.6 Å². The van der Waals surface area contributed by atoms with Gasteiger partial charge in [0.2, 0.25) is 0 Å². The molecule has 1 N–H and O–H groups in total. The van der Waals surface area contributed by atoms with Crippen LogP contribution in [0.25, 0.3) is 0 Å². The molecule has 0 bridgehead atoms. The Hall–Kier alpha value is -1.17. The zero-order valence-corrected chi connectivity index (χ0v) is 12.6. The van der Waals surface area contributed by atoms with E-state index in [2.05, 4.69) is 10.2 Å². The van der Waals surface area contributed by atoms with Crippen LogP contribution in [-0.4, -0.2) is 61.0 Å². The van der Waals surface area contributed by atoms with Crippen LogP contribution in [0.2, 0.25) is 5.02 Å². The Morgan fingerprint density at radius 3 is 2.71 bits per heavy atom. The number of piperazine rings is 1. The van der Waals surface area contributed by atoms with Gasteiger partial charge in [0.25, 0.3) is 5.91 Å². The van der Waals surface area contributed by atoms with Crippen molar-refractivity contribution in [1.82, 2.24) is 15.1 Å². The second-order valence-corrected chi connectivity index (χ2v) is 6.04. The van der Waals surface area contributed by atoms with Gasteiger partial charge in [0.15, 0.2) is 0 Å². The average Bonchev–Trinajstić information content (AvgIpc) is 3.03. The predicted octanol–water partition coefficient (Wildman–Crippen LogP) is 1.60. The van der Waals surface area contributed by atoms with Crippen molar-refractivity contribution in [2.75, 3.05) is 39.3 Å². The number of hydrogen-bond acceptors (Lipinski definition) is 3. The lowest BCUT2D eigenvalue weighted by Crippen LogP contribution is -2.52. The molecule has 21 heavy (non-hydrogen) atoms. The first-order valence-corrected chi connectivity index (χ1v) is 7.72. The second kappa shape index (κ2) is 6.30. The average molecular weight is 312 g/mol. The number of nitrogens with zero attached hydrogens (tertiary/aromatic N) is 2. The first-order chi connectivity index (χ1) is 10.1. The third-order valence-electron chi connectivity index (χ3n) is 4.31. The lowest BCUT2D eigenvalue weighted by atomic mass is 10.1. The Kier molecular flexibility index (Phi) is 4.42. The molecule has 6 heteroatoms. The quantitative estimate of drug-likeness (QED) is 0.901. The molecule has 0 aromatic heterocycles. The number of amides is 1. The van der Waals surface area contributed by atoms with Crippen molar-refractivity contribution in [3.05, 3.63) is 34.6 Å². The summed E-state index contributed by atoms with van der Waals surface area (Å²) in [5, 5.41) is 3.74. The Bertz CT molecular complexity index is 526. The molecule has 1 aromatic rings. The summed E-state index contributed by atoms with van der Waals surface area (Å²) < 4.78 is 13.8. The largest absolute Gasteiger partial charge is 0.336 e. The molecule has 4 nitrogen and oxygen atoms in total. The maximum absolute atomic E-state index is 13.8. The van der Waals surface area contributed by atoms with Crippen LogP contribution in [0.4, 0.5) is 4.39 Å². The number of carbonyl (C=O) groups excluding carboxylic acids is 1. The molecule has 0 spiro atoms. The molecular weight excluding hydrogens is 293 g/mol. The highest BCUT2D eigenvalue weighted by atomic mass is 35.5. The number of benzene rings is 1. The standard InChI is InChI=1S/C15H19ClFN3O/c16-11-1-2-14(17)13(9-11)15(21)20-7-5-19(6-8-20)12-3-4-18-10-12/h1-2,9,12,18H,3-8,10H2. The van der Waals surface area contributed by atoms with Crippen LogP contribution in [0.3, 0.4) is 0 Å². The molecule has 1 atom stereocenters. The Morgan fingerprint density at radius 2 is 2.05 bits per heavy atom. The zero-order valence-electron chi connectivity index (χ0n) is 11.8. The summed E-state index contributed by atoms with van der Waals surface area (Å²) in [4.78, 5) is 16.5. The Labute approximate surface area is 128 Å². The third-order valence-corrected chi connectivity index (χ3v) is 4.55. The van der Waals surface area contributed by atoms with Crippen LogP contribution in [0.15, 0.2) is 18.2 Å². The number of halogens is 2. The monoisotopic (exact) mass is 311 g/mol. The summed E-state index contributed by atoms with van der Waals surface area (Å²) >= 11 is 5.86. The van der Waals surface area contributed by atoms with E-state index in [4.69, 9.17) is 11.6 Å². The molecule has 1 amide bonds. The minimum Gasteiger partial charge on any atom is -0.336 e. The fraction of sp³-hybridized carbons (Fsp3) is 0.533. The van der Waals surface area contributed by atoms with E-state index in [9.17, 15) is 9.18 Å². The number of rotatable bonds is 2. The molecule has 0 radical (unpaired) electrons. The van der Waals surface area contributed by atoms with Crippen molar-refractivity contribution in [2.24, 2.45) is 0 Å². The molecule has 2 heterocycles. The van der Waals surface area contributed by atoms with Crippen molar-refractivity contribution in [1.29, 1.82) is 0 Å². The lowest BCUT2D eigenvalue weighted by Gasteiger charge is -2.37. The highest BCUT2D eigenvalue weighted by molar-refractivity contribution is 6.31. The second-order valence-electron chi connectivity index (χ2n) is 5.60. The van der Waals surface area contributed by atoms with Crippen molar-refractivity contribution >= 4 is 17.5 Å². The first-order valence-electron chi connectivity index (χ1n) is 7.34. The summed E-state index contributed by atoms with van der Waals surface area (Å²) in [5.74, 6) is -0.772. The van der Waals surface area contributed by atoms with Crippen molar-refractivity contribution in [3.8, 4) is 0 Å². The van der Waals surface area contributed by atoms with E-state index >= 15 is 0 Å². The molecule has 3 rings (SSSR count). The van der Waals surface area contributed by atoms with E-state index in [-0.39, 0.29) is 11.5 Å². The van der Waals surface area contributed by atoms with Crippen LogP contribution >= 0.6 is 11.6 Å². The van der Waals surface area contributed by atoms with Gasteiger partial charge in [0, 0.05) is 43.8 Å². The molecule has 2 fully saturated rings. The molecule has 2 aliphatic heterocycles. The molecule has 114 valence electrons. The Morgan fingerprint density at radius 1 is 1.29 bits per heavy atom. The molecule has 1 unspecified atom stereocenters. The van der Waals surface area contributed by atoms with Gasteiger partial charge in [-0.2, -0.15) is 0 Å². The molecule has 2 aliphatic rings. The van der Waals surface area contributed by atoms with E-state index in [1.807, 2.05) is 0 Å². The van der Waals surface area contributed by atoms with E-state index in [0.29, 0.717) is 24.2 Å². The van der Waals surface area contributed by atoms with Gasteiger partial charge in [-0.3, -0.25) is 9.69 Å². The molecular formula is C15H19ClFN3O. The van der Waals surface area contributed by atoms with Crippen LogP contribution in [0, 0.1) is 5.82 Å². The van der Waals surface area contributed by atoms with E-state index in [1.54, 1.807) is 4.90 Å². The van der Waals surface area contributed by atoms with E-state index in [1.165, 1.54) is 18.2 Å². The van der Waals surface area contributed by atoms with Crippen molar-refractivity contribution in [3.63, 3.8) is 0 Å². The van der Waals surface area contributed by atoms with Crippen molar-refractivity contribution < 1.29 is 9.18 Å². The maximum atomic E-state index is 13.8. The van der Waals surface area contributed by atoms with Gasteiger partial charge in [-0.15, -0.1) is 0 Å². The van der Waals surface area contributed by atoms with Crippen LogP contribution in [-0.2, 0) is 0 Å². The predicted molar refractivity (Wildman–Crippen MR) is 80.2 cm³/mol. The summed E-state index contributed by atoms with van der Waals surface area (Å²) in [6.07, 6.45) is 1.16. The molecule has 0 saturated carbocycles. The van der Waals surface area contributed by atoms with Crippen molar-refractivity contribution in [2.45, 2.75) is 12.5 Å². The number of hydrogen-bond donors (Lipinski definition) is 1. The third kappa shape index (κ3) is 3.20. The fourth-order valence-corrected chi connectivity index (χ4v) is 3.25.